The van der Waals surface area contributed by atoms with E-state index in [-0.39, 0.29) is 4.83 Å². The van der Waals surface area contributed by atoms with Gasteiger partial charge in [-0.15, -0.1) is 0 Å². The van der Waals surface area contributed by atoms with Gasteiger partial charge < -0.3 is 5.41 Å². The fraction of sp³-hybridized carbons (Fsp3) is 0.429. The Bertz CT molecular complexity index is 264. The molecular formula is C7H8Br2N2. The lowest BCUT2D eigenvalue weighted by molar-refractivity contribution is 1.23. The molecule has 0 bridgehead atoms. The molecule has 1 N–H and O–H groups in total. The molecule has 1 aliphatic rings. The Labute approximate surface area is 82.5 Å². The van der Waals surface area contributed by atoms with Crippen LogP contribution in [0.2, 0.25) is 0 Å². The average Bonchev–Trinajstić information content (AvgIpc) is 1.97. The quantitative estimate of drug-likeness (QED) is 0.662. The number of aliphatic imine (C=N–C) groups is 1. The van der Waals surface area contributed by atoms with E-state index in [9.17, 15) is 0 Å². The molecule has 4 heteroatoms. The molecule has 11 heavy (non-hydrogen) atoms. The fourth-order valence-electron chi connectivity index (χ4n) is 0.885. The molecule has 0 amide bonds. The Morgan fingerprint density at radius 1 is 1.45 bits per heavy atom. The highest BCUT2D eigenvalue weighted by Gasteiger charge is 2.22. The van der Waals surface area contributed by atoms with Crippen LogP contribution in [0.4, 0.5) is 0 Å². The summed E-state index contributed by atoms with van der Waals surface area (Å²) in [7, 11) is 0. The zero-order valence-corrected chi connectivity index (χ0v) is 9.45. The van der Waals surface area contributed by atoms with Gasteiger partial charge in [-0.1, -0.05) is 15.9 Å². The lowest BCUT2D eigenvalue weighted by Crippen LogP contribution is -2.25. The zero-order chi connectivity index (χ0) is 8.59. The van der Waals surface area contributed by atoms with Gasteiger partial charge in [0, 0.05) is 5.71 Å². The van der Waals surface area contributed by atoms with Crippen LogP contribution in [0, 0.1) is 5.41 Å². The van der Waals surface area contributed by atoms with Gasteiger partial charge in [0.25, 0.3) is 0 Å². The number of nitrogens with one attached hydrogen (secondary N) is 1. The SMILES string of the molecule is CC1=NC(C)=C(Br)C(=N)C1Br. The maximum Gasteiger partial charge on any atom is 0.0951 e. The van der Waals surface area contributed by atoms with Gasteiger partial charge in [-0.3, -0.25) is 4.99 Å². The molecule has 1 heterocycles. The minimum Gasteiger partial charge on any atom is -0.302 e. The minimum atomic E-state index is -0.0272. The van der Waals surface area contributed by atoms with Crippen molar-refractivity contribution >= 4 is 43.3 Å². The summed E-state index contributed by atoms with van der Waals surface area (Å²) in [5.74, 6) is 0. The largest absolute Gasteiger partial charge is 0.302 e. The van der Waals surface area contributed by atoms with Gasteiger partial charge >= 0.3 is 0 Å². The molecule has 0 saturated carbocycles. The van der Waals surface area contributed by atoms with Gasteiger partial charge in [0.2, 0.25) is 0 Å². The lowest BCUT2D eigenvalue weighted by Gasteiger charge is -2.17. The van der Waals surface area contributed by atoms with E-state index in [1.807, 2.05) is 13.8 Å². The summed E-state index contributed by atoms with van der Waals surface area (Å²) < 4.78 is 0.796. The second-order valence-electron chi connectivity index (χ2n) is 2.43. The van der Waals surface area contributed by atoms with E-state index < -0.39 is 0 Å². The standard InChI is InChI=1S/C7H8Br2N2/c1-3-5(8)7(10)6(9)4(2)11-3/h5,10H,1-2H3. The van der Waals surface area contributed by atoms with Gasteiger partial charge in [0.15, 0.2) is 0 Å². The molecule has 0 radical (unpaired) electrons. The molecule has 0 saturated heterocycles. The Morgan fingerprint density at radius 2 is 2.00 bits per heavy atom. The number of alkyl halides is 1. The van der Waals surface area contributed by atoms with Crippen molar-refractivity contribution in [2.45, 2.75) is 18.7 Å². The van der Waals surface area contributed by atoms with Crippen LogP contribution >= 0.6 is 31.9 Å². The third kappa shape index (κ3) is 1.62. The van der Waals surface area contributed by atoms with E-state index in [0.717, 1.165) is 15.9 Å². The summed E-state index contributed by atoms with van der Waals surface area (Å²) in [4.78, 5) is 4.23. The van der Waals surface area contributed by atoms with Crippen LogP contribution < -0.4 is 0 Å². The third-order valence-corrected chi connectivity index (χ3v) is 3.64. The van der Waals surface area contributed by atoms with Crippen molar-refractivity contribution in [3.8, 4) is 0 Å². The summed E-state index contributed by atoms with van der Waals surface area (Å²) >= 11 is 6.67. The van der Waals surface area contributed by atoms with Gasteiger partial charge in [-0.05, 0) is 29.8 Å². The minimum absolute atomic E-state index is 0.0272. The van der Waals surface area contributed by atoms with Crippen LogP contribution in [0.15, 0.2) is 15.2 Å². The van der Waals surface area contributed by atoms with Crippen molar-refractivity contribution in [1.29, 1.82) is 5.41 Å². The number of rotatable bonds is 0. The van der Waals surface area contributed by atoms with Crippen molar-refractivity contribution < 1.29 is 0 Å². The molecule has 2 nitrogen and oxygen atoms in total. The van der Waals surface area contributed by atoms with E-state index >= 15 is 0 Å². The fourth-order valence-corrected chi connectivity index (χ4v) is 1.84. The molecule has 0 aromatic carbocycles. The second-order valence-corrected chi connectivity index (χ2v) is 4.14. The van der Waals surface area contributed by atoms with Crippen LogP contribution in [0.5, 0.6) is 0 Å². The van der Waals surface area contributed by atoms with Crippen molar-refractivity contribution in [2.24, 2.45) is 4.99 Å². The smallest absolute Gasteiger partial charge is 0.0951 e. The summed E-state index contributed by atoms with van der Waals surface area (Å²) in [6.45, 7) is 3.80. The van der Waals surface area contributed by atoms with Gasteiger partial charge in [0.1, 0.15) is 0 Å². The molecule has 0 aromatic rings. The number of allylic oxidation sites excluding steroid dienone is 2. The summed E-state index contributed by atoms with van der Waals surface area (Å²) in [5.41, 5.74) is 2.37. The normalized spacial score (nSPS) is 25.6. The Morgan fingerprint density at radius 3 is 2.55 bits per heavy atom. The topological polar surface area (TPSA) is 36.2 Å². The van der Waals surface area contributed by atoms with E-state index in [0.29, 0.717) is 5.71 Å². The number of nitrogens with zero attached hydrogens (tertiary/aromatic N) is 1. The first-order valence-corrected chi connectivity index (χ1v) is 4.89. The summed E-state index contributed by atoms with van der Waals surface area (Å²) in [6, 6.07) is 0. The molecular weight excluding hydrogens is 272 g/mol. The first-order chi connectivity index (χ1) is 5.04. The van der Waals surface area contributed by atoms with Gasteiger partial charge in [-0.25, -0.2) is 0 Å². The van der Waals surface area contributed by atoms with E-state index in [2.05, 4.69) is 36.9 Å². The second kappa shape index (κ2) is 3.19. The maximum atomic E-state index is 7.63. The summed E-state index contributed by atoms with van der Waals surface area (Å²) in [5, 5.41) is 7.63. The summed E-state index contributed by atoms with van der Waals surface area (Å²) in [6.07, 6.45) is 0. The maximum absolute atomic E-state index is 7.63. The molecule has 0 aliphatic carbocycles. The average molecular weight is 280 g/mol. The van der Waals surface area contributed by atoms with E-state index in [4.69, 9.17) is 5.41 Å². The first-order valence-electron chi connectivity index (χ1n) is 3.18. The van der Waals surface area contributed by atoms with Crippen LogP contribution in [-0.4, -0.2) is 16.3 Å². The first kappa shape index (κ1) is 9.13. The van der Waals surface area contributed by atoms with E-state index in [1.165, 1.54) is 0 Å². The van der Waals surface area contributed by atoms with Crippen molar-refractivity contribution in [2.75, 3.05) is 0 Å². The van der Waals surface area contributed by atoms with Crippen molar-refractivity contribution in [3.63, 3.8) is 0 Å². The monoisotopic (exact) mass is 278 g/mol. The number of hydrogen-bond acceptors (Lipinski definition) is 2. The van der Waals surface area contributed by atoms with Crippen molar-refractivity contribution in [3.05, 3.63) is 10.2 Å². The molecule has 0 aromatic heterocycles. The van der Waals surface area contributed by atoms with Gasteiger partial charge in [-0.2, -0.15) is 0 Å². The van der Waals surface area contributed by atoms with Crippen molar-refractivity contribution in [1.82, 2.24) is 0 Å². The third-order valence-electron chi connectivity index (χ3n) is 1.52. The Balaban J connectivity index is 3.11. The molecule has 60 valence electrons. The van der Waals surface area contributed by atoms with Crippen LogP contribution in [0.1, 0.15) is 13.8 Å². The van der Waals surface area contributed by atoms with Crippen LogP contribution in [0.25, 0.3) is 0 Å². The van der Waals surface area contributed by atoms with E-state index in [1.54, 1.807) is 0 Å². The molecule has 0 spiro atoms. The zero-order valence-electron chi connectivity index (χ0n) is 6.28. The highest BCUT2D eigenvalue weighted by molar-refractivity contribution is 9.12. The molecule has 1 atom stereocenters. The predicted molar refractivity (Wildman–Crippen MR) is 55.2 cm³/mol. The molecule has 0 fully saturated rings. The number of halogens is 2. The molecule has 1 aliphatic heterocycles. The van der Waals surface area contributed by atoms with Crippen LogP contribution in [0.3, 0.4) is 0 Å². The Hall–Kier alpha value is 0.0400. The molecule has 1 unspecified atom stereocenters. The van der Waals surface area contributed by atoms with Crippen LogP contribution in [-0.2, 0) is 0 Å². The van der Waals surface area contributed by atoms with Gasteiger partial charge in [0.05, 0.1) is 20.7 Å². The highest BCUT2D eigenvalue weighted by atomic mass is 79.9. The predicted octanol–water partition coefficient (Wildman–Crippen LogP) is 2.87. The lowest BCUT2D eigenvalue weighted by atomic mass is 10.1. The Kier molecular flexibility index (Phi) is 2.65. The highest BCUT2D eigenvalue weighted by Crippen LogP contribution is 2.25. The molecule has 1 rings (SSSR count). The number of hydrogen-bond donors (Lipinski definition) is 1.